The highest BCUT2D eigenvalue weighted by molar-refractivity contribution is 5.86. The maximum Gasteiger partial charge on any atom is 0.223 e. The number of piperidine rings is 1. The topological polar surface area (TPSA) is 67.2 Å². The Bertz CT molecular complexity index is 1040. The van der Waals surface area contributed by atoms with Crippen LogP contribution in [-0.2, 0) is 24.8 Å². The second-order valence-corrected chi connectivity index (χ2v) is 8.17. The number of carbonyl (C=O) groups excluding carboxylic acids is 1. The SMILES string of the molecule is Cn1ncc2c(N3CCC(CC(=O)N4CCc5ccccc5C4)CC3)ncnc21. The van der Waals surface area contributed by atoms with Crippen molar-refractivity contribution in [3.8, 4) is 0 Å². The van der Waals surface area contributed by atoms with Crippen LogP contribution in [0.5, 0.6) is 0 Å². The predicted molar refractivity (Wildman–Crippen MR) is 111 cm³/mol. The van der Waals surface area contributed by atoms with E-state index in [1.807, 2.05) is 18.1 Å². The van der Waals surface area contributed by atoms with Crippen LogP contribution in [-0.4, -0.2) is 50.2 Å². The molecule has 0 radical (unpaired) electrons. The van der Waals surface area contributed by atoms with Gasteiger partial charge in [-0.2, -0.15) is 5.10 Å². The molecule has 150 valence electrons. The predicted octanol–water partition coefficient (Wildman–Crippen LogP) is 2.55. The van der Waals surface area contributed by atoms with Gasteiger partial charge in [-0.1, -0.05) is 24.3 Å². The van der Waals surface area contributed by atoms with E-state index >= 15 is 0 Å². The number of benzene rings is 1. The number of carbonyl (C=O) groups is 1. The molecule has 4 heterocycles. The summed E-state index contributed by atoms with van der Waals surface area (Å²) in [6.45, 7) is 3.44. The van der Waals surface area contributed by atoms with E-state index in [0.29, 0.717) is 18.2 Å². The highest BCUT2D eigenvalue weighted by atomic mass is 16.2. The molecular weight excluding hydrogens is 364 g/mol. The van der Waals surface area contributed by atoms with E-state index in [-0.39, 0.29) is 0 Å². The molecule has 1 fully saturated rings. The van der Waals surface area contributed by atoms with Gasteiger partial charge in [0.2, 0.25) is 5.91 Å². The van der Waals surface area contributed by atoms with Crippen molar-refractivity contribution in [2.45, 2.75) is 32.2 Å². The second kappa shape index (κ2) is 7.46. The van der Waals surface area contributed by atoms with E-state index < -0.39 is 0 Å². The van der Waals surface area contributed by atoms with Gasteiger partial charge in [-0.3, -0.25) is 9.48 Å². The summed E-state index contributed by atoms with van der Waals surface area (Å²) < 4.78 is 1.78. The number of aryl methyl sites for hydroxylation is 1. The minimum atomic E-state index is 0.301. The molecule has 0 atom stereocenters. The molecule has 2 aliphatic heterocycles. The van der Waals surface area contributed by atoms with Gasteiger partial charge in [0.1, 0.15) is 12.1 Å². The first-order valence-electron chi connectivity index (χ1n) is 10.4. The summed E-state index contributed by atoms with van der Waals surface area (Å²) in [5.74, 6) is 1.71. The fourth-order valence-corrected chi connectivity index (χ4v) is 4.64. The van der Waals surface area contributed by atoms with Crippen LogP contribution in [0.2, 0.25) is 0 Å². The molecule has 0 spiro atoms. The summed E-state index contributed by atoms with van der Waals surface area (Å²) in [6.07, 6.45) is 7.11. The molecule has 2 aliphatic rings. The molecule has 0 aliphatic carbocycles. The highest BCUT2D eigenvalue weighted by Gasteiger charge is 2.27. The van der Waals surface area contributed by atoms with Gasteiger partial charge in [0, 0.05) is 39.6 Å². The lowest BCUT2D eigenvalue weighted by Crippen LogP contribution is -2.39. The molecule has 7 heteroatoms. The Labute approximate surface area is 170 Å². The summed E-state index contributed by atoms with van der Waals surface area (Å²) in [7, 11) is 1.90. The van der Waals surface area contributed by atoms with E-state index in [0.717, 1.165) is 62.3 Å². The smallest absolute Gasteiger partial charge is 0.223 e. The van der Waals surface area contributed by atoms with Gasteiger partial charge < -0.3 is 9.80 Å². The average molecular weight is 390 g/mol. The van der Waals surface area contributed by atoms with Crippen LogP contribution in [0.15, 0.2) is 36.8 Å². The maximum atomic E-state index is 12.9. The first-order chi connectivity index (χ1) is 14.2. The number of fused-ring (bicyclic) bond motifs is 2. The van der Waals surface area contributed by atoms with Gasteiger partial charge in [-0.15, -0.1) is 0 Å². The third-order valence-electron chi connectivity index (χ3n) is 6.37. The second-order valence-electron chi connectivity index (χ2n) is 8.17. The van der Waals surface area contributed by atoms with Crippen LogP contribution in [0.1, 0.15) is 30.4 Å². The molecule has 0 saturated carbocycles. The van der Waals surface area contributed by atoms with Crippen LogP contribution >= 0.6 is 0 Å². The van der Waals surface area contributed by atoms with E-state index in [4.69, 9.17) is 0 Å². The number of rotatable bonds is 3. The van der Waals surface area contributed by atoms with Crippen molar-refractivity contribution in [1.29, 1.82) is 0 Å². The quantitative estimate of drug-likeness (QED) is 0.688. The lowest BCUT2D eigenvalue weighted by atomic mass is 9.92. The molecule has 1 saturated heterocycles. The number of amides is 1. The lowest BCUT2D eigenvalue weighted by Gasteiger charge is -2.34. The zero-order valence-electron chi connectivity index (χ0n) is 16.8. The van der Waals surface area contributed by atoms with Gasteiger partial charge in [-0.25, -0.2) is 9.97 Å². The number of nitrogens with zero attached hydrogens (tertiary/aromatic N) is 6. The zero-order valence-corrected chi connectivity index (χ0v) is 16.8. The first-order valence-corrected chi connectivity index (χ1v) is 10.4. The summed E-state index contributed by atoms with van der Waals surface area (Å²) >= 11 is 0. The third-order valence-corrected chi connectivity index (χ3v) is 6.37. The number of anilines is 1. The molecule has 3 aromatic rings. The van der Waals surface area contributed by atoms with Crippen molar-refractivity contribution in [2.75, 3.05) is 24.5 Å². The van der Waals surface area contributed by atoms with Crippen LogP contribution in [0.25, 0.3) is 11.0 Å². The molecule has 1 aromatic carbocycles. The normalized spacial score (nSPS) is 17.6. The Morgan fingerprint density at radius 2 is 1.90 bits per heavy atom. The van der Waals surface area contributed by atoms with E-state index in [2.05, 4.69) is 44.2 Å². The summed E-state index contributed by atoms with van der Waals surface area (Å²) in [5.41, 5.74) is 3.54. The van der Waals surface area contributed by atoms with Crippen LogP contribution in [0, 0.1) is 5.92 Å². The minimum Gasteiger partial charge on any atom is -0.356 e. The Morgan fingerprint density at radius 3 is 2.72 bits per heavy atom. The fraction of sp³-hybridized carbons (Fsp3) is 0.455. The van der Waals surface area contributed by atoms with Gasteiger partial charge in [0.05, 0.1) is 11.6 Å². The molecule has 0 bridgehead atoms. The van der Waals surface area contributed by atoms with Crippen molar-refractivity contribution in [1.82, 2.24) is 24.6 Å². The van der Waals surface area contributed by atoms with Crippen LogP contribution < -0.4 is 4.90 Å². The molecular formula is C22H26N6O. The number of aromatic nitrogens is 4. The monoisotopic (exact) mass is 390 g/mol. The molecule has 0 unspecified atom stereocenters. The Balaban J connectivity index is 1.20. The highest BCUT2D eigenvalue weighted by Crippen LogP contribution is 2.29. The van der Waals surface area contributed by atoms with Crippen molar-refractivity contribution < 1.29 is 4.79 Å². The lowest BCUT2D eigenvalue weighted by molar-refractivity contribution is -0.133. The van der Waals surface area contributed by atoms with Crippen molar-refractivity contribution >= 4 is 22.8 Å². The van der Waals surface area contributed by atoms with E-state index in [1.54, 1.807) is 11.0 Å². The number of hydrogen-bond acceptors (Lipinski definition) is 5. The molecule has 0 N–H and O–H groups in total. The van der Waals surface area contributed by atoms with Gasteiger partial charge in [0.25, 0.3) is 0 Å². The minimum absolute atomic E-state index is 0.301. The molecule has 5 rings (SSSR count). The molecule has 29 heavy (non-hydrogen) atoms. The fourth-order valence-electron chi connectivity index (χ4n) is 4.64. The first kappa shape index (κ1) is 18.1. The Morgan fingerprint density at radius 1 is 1.10 bits per heavy atom. The van der Waals surface area contributed by atoms with Crippen molar-refractivity contribution in [3.05, 3.63) is 47.9 Å². The van der Waals surface area contributed by atoms with Crippen LogP contribution in [0.3, 0.4) is 0 Å². The molecule has 1 amide bonds. The van der Waals surface area contributed by atoms with Gasteiger partial charge in [0.15, 0.2) is 5.65 Å². The largest absolute Gasteiger partial charge is 0.356 e. The maximum absolute atomic E-state index is 12.9. The van der Waals surface area contributed by atoms with Crippen molar-refractivity contribution in [3.63, 3.8) is 0 Å². The Hall–Kier alpha value is -2.96. The zero-order chi connectivity index (χ0) is 19.8. The molecule has 7 nitrogen and oxygen atoms in total. The van der Waals surface area contributed by atoms with Gasteiger partial charge in [-0.05, 0) is 36.3 Å². The summed E-state index contributed by atoms with van der Waals surface area (Å²) in [4.78, 5) is 26.1. The summed E-state index contributed by atoms with van der Waals surface area (Å²) in [6, 6.07) is 8.48. The van der Waals surface area contributed by atoms with E-state index in [1.165, 1.54) is 11.1 Å². The van der Waals surface area contributed by atoms with E-state index in [9.17, 15) is 4.79 Å². The standard InChI is InChI=1S/C22H26N6O/c1-26-21-19(13-25-26)22(24-15-23-21)27-9-6-16(7-10-27)12-20(29)28-11-8-17-4-2-3-5-18(17)14-28/h2-5,13,15-16H,6-12,14H2,1H3. The number of hydrogen-bond donors (Lipinski definition) is 0. The van der Waals surface area contributed by atoms with Crippen LogP contribution in [0.4, 0.5) is 5.82 Å². The Kier molecular flexibility index (Phi) is 4.66. The average Bonchev–Trinajstić information content (AvgIpc) is 3.15. The van der Waals surface area contributed by atoms with Gasteiger partial charge >= 0.3 is 0 Å². The summed E-state index contributed by atoms with van der Waals surface area (Å²) in [5, 5.41) is 5.31. The molecule has 2 aromatic heterocycles. The van der Waals surface area contributed by atoms with Crippen molar-refractivity contribution in [2.24, 2.45) is 13.0 Å². The third kappa shape index (κ3) is 3.45.